The summed E-state index contributed by atoms with van der Waals surface area (Å²) in [5.41, 5.74) is 0. The summed E-state index contributed by atoms with van der Waals surface area (Å²) >= 11 is 12.6. The summed E-state index contributed by atoms with van der Waals surface area (Å²) in [5.74, 6) is 0. The van der Waals surface area contributed by atoms with E-state index in [1.807, 2.05) is 0 Å². The monoisotopic (exact) mass is 468 g/mol. The lowest BCUT2D eigenvalue weighted by Gasteiger charge is -2.45. The summed E-state index contributed by atoms with van der Waals surface area (Å²) in [7, 11) is 0. The van der Waals surface area contributed by atoms with Crippen LogP contribution in [0.25, 0.3) is 0 Å². The van der Waals surface area contributed by atoms with Gasteiger partial charge in [0.25, 0.3) is 0 Å². The average Bonchev–Trinajstić information content (AvgIpc) is 2.32. The Morgan fingerprint density at radius 3 is 1.08 bits per heavy atom. The molecular weight excluding hydrogens is 453 g/mol. The molecule has 0 heterocycles. The van der Waals surface area contributed by atoms with Crippen molar-refractivity contribution in [3.8, 4) is 0 Å². The van der Waals surface area contributed by atoms with E-state index in [0.717, 1.165) is 0 Å². The van der Waals surface area contributed by atoms with Crippen LogP contribution in [0, 0.1) is 0 Å². The summed E-state index contributed by atoms with van der Waals surface area (Å²) in [6.07, 6.45) is -12.2. The van der Waals surface area contributed by atoms with Crippen LogP contribution in [-0.4, -0.2) is 81.3 Å². The standard InChI is InChI=1S/C6H15O12P3S3/c7-1-2(8)5(17-20(12,13)23)6(18-21(14,15)24)3(9)4(1)16-19(10,11)22/h1-9H,(H2,10,11,22)(H2,12,13,23)(H2,14,15,24)/t1-,2-,3-,4+,5-,6-/m0/s1. The van der Waals surface area contributed by atoms with Gasteiger partial charge in [0.15, 0.2) is 0 Å². The van der Waals surface area contributed by atoms with Gasteiger partial charge < -0.3 is 44.7 Å². The van der Waals surface area contributed by atoms with Crippen molar-refractivity contribution in [2.24, 2.45) is 0 Å². The zero-order valence-electron chi connectivity index (χ0n) is 11.3. The zero-order chi connectivity index (χ0) is 19.1. The normalized spacial score (nSPS) is 35.9. The maximum atomic E-state index is 10.1. The first-order valence-corrected chi connectivity index (χ1v) is 13.7. The van der Waals surface area contributed by atoms with Crippen molar-refractivity contribution in [1.29, 1.82) is 0 Å². The summed E-state index contributed by atoms with van der Waals surface area (Å²) in [6.45, 7) is -13.4. The van der Waals surface area contributed by atoms with Gasteiger partial charge in [-0.25, -0.2) is 0 Å². The molecule has 1 fully saturated rings. The molecule has 0 aromatic heterocycles. The first-order valence-electron chi connectivity index (χ1n) is 5.78. The van der Waals surface area contributed by atoms with Crippen LogP contribution >= 0.6 is 20.2 Å². The second-order valence-electron chi connectivity index (χ2n) is 4.65. The minimum atomic E-state index is -4.48. The second-order valence-corrected chi connectivity index (χ2v) is 12.5. The summed E-state index contributed by atoms with van der Waals surface area (Å²) in [6, 6.07) is 0. The van der Waals surface area contributed by atoms with E-state index in [4.69, 9.17) is 9.79 Å². The maximum Gasteiger partial charge on any atom is 0.322 e. The average molecular weight is 468 g/mol. The fourth-order valence-electron chi connectivity index (χ4n) is 2.01. The lowest BCUT2D eigenvalue weighted by Crippen LogP contribution is -2.65. The SMILES string of the molecule is O[C@H]1[C@H](O)[C@H](OP(O)(O)=S)[C@@H](OP(O)(O)=S)[C@@H](O)[C@@H]1OP(O)(O)=S. The predicted molar refractivity (Wildman–Crippen MR) is 88.8 cm³/mol. The van der Waals surface area contributed by atoms with Gasteiger partial charge in [-0.1, -0.05) is 0 Å². The molecule has 1 rings (SSSR count). The Bertz CT molecular complexity index is 585. The van der Waals surface area contributed by atoms with E-state index in [9.17, 15) is 34.9 Å². The molecule has 1 saturated carbocycles. The van der Waals surface area contributed by atoms with Gasteiger partial charge in [0.05, 0.1) is 0 Å². The van der Waals surface area contributed by atoms with Crippen LogP contribution < -0.4 is 0 Å². The highest BCUT2D eigenvalue weighted by Crippen LogP contribution is 2.49. The number of aliphatic hydroxyl groups is 3. The quantitative estimate of drug-likeness (QED) is 0.176. The van der Waals surface area contributed by atoms with Gasteiger partial charge in [0.1, 0.15) is 36.6 Å². The highest BCUT2D eigenvalue weighted by atomic mass is 32.5. The third kappa shape index (κ3) is 7.24. The van der Waals surface area contributed by atoms with Crippen LogP contribution in [0.1, 0.15) is 0 Å². The third-order valence-electron chi connectivity index (χ3n) is 2.80. The molecule has 0 saturated heterocycles. The number of hydrogen-bond acceptors (Lipinski definition) is 9. The molecule has 18 heteroatoms. The van der Waals surface area contributed by atoms with Gasteiger partial charge in [0.2, 0.25) is 0 Å². The molecule has 24 heavy (non-hydrogen) atoms. The van der Waals surface area contributed by atoms with Crippen LogP contribution in [0.15, 0.2) is 0 Å². The van der Waals surface area contributed by atoms with Crippen molar-refractivity contribution in [2.45, 2.75) is 36.6 Å². The van der Waals surface area contributed by atoms with Crippen molar-refractivity contribution in [1.82, 2.24) is 0 Å². The topological polar surface area (TPSA) is 210 Å². The van der Waals surface area contributed by atoms with E-state index < -0.39 is 56.8 Å². The number of aliphatic hydroxyl groups excluding tert-OH is 3. The zero-order valence-corrected chi connectivity index (χ0v) is 16.4. The van der Waals surface area contributed by atoms with E-state index in [-0.39, 0.29) is 0 Å². The minimum Gasteiger partial charge on any atom is -0.387 e. The van der Waals surface area contributed by atoms with Crippen molar-refractivity contribution in [3.05, 3.63) is 0 Å². The molecule has 12 nitrogen and oxygen atoms in total. The first kappa shape index (κ1) is 23.5. The molecular formula is C6H15O12P3S3. The van der Waals surface area contributed by atoms with Crippen LogP contribution in [0.5, 0.6) is 0 Å². The fraction of sp³-hybridized carbons (Fsp3) is 1.00. The van der Waals surface area contributed by atoms with E-state index in [1.54, 1.807) is 0 Å². The largest absolute Gasteiger partial charge is 0.387 e. The molecule has 1 aliphatic rings. The van der Waals surface area contributed by atoms with Gasteiger partial charge in [0, 0.05) is 0 Å². The molecule has 6 atom stereocenters. The molecule has 0 bridgehead atoms. The molecule has 9 N–H and O–H groups in total. The van der Waals surface area contributed by atoms with Gasteiger partial charge in [-0.05, 0) is 35.4 Å². The van der Waals surface area contributed by atoms with Crippen LogP contribution in [0.2, 0.25) is 0 Å². The highest BCUT2D eigenvalue weighted by Gasteiger charge is 2.55. The van der Waals surface area contributed by atoms with Crippen LogP contribution in [0.4, 0.5) is 0 Å². The molecule has 1 aliphatic carbocycles. The van der Waals surface area contributed by atoms with Gasteiger partial charge in [-0.3, -0.25) is 13.6 Å². The Hall–Kier alpha value is 1.47. The Morgan fingerprint density at radius 1 is 0.500 bits per heavy atom. The Labute approximate surface area is 150 Å². The van der Waals surface area contributed by atoms with Gasteiger partial charge in [-0.2, -0.15) is 0 Å². The van der Waals surface area contributed by atoms with E-state index in [0.29, 0.717) is 0 Å². The van der Waals surface area contributed by atoms with Gasteiger partial charge in [-0.15, -0.1) is 0 Å². The molecule has 0 aromatic carbocycles. The summed E-state index contributed by atoms with van der Waals surface area (Å²) < 4.78 is 13.7. The van der Waals surface area contributed by atoms with E-state index in [1.165, 1.54) is 0 Å². The van der Waals surface area contributed by atoms with Crippen LogP contribution in [0.3, 0.4) is 0 Å². The lowest BCUT2D eigenvalue weighted by molar-refractivity contribution is -0.208. The second kappa shape index (κ2) is 8.23. The molecule has 0 aliphatic heterocycles. The third-order valence-corrected chi connectivity index (χ3v) is 5.13. The van der Waals surface area contributed by atoms with Crippen molar-refractivity contribution < 1.29 is 58.3 Å². The number of hydrogen-bond donors (Lipinski definition) is 9. The minimum absolute atomic E-state index is 1.96. The van der Waals surface area contributed by atoms with Crippen molar-refractivity contribution in [2.75, 3.05) is 0 Å². The van der Waals surface area contributed by atoms with Gasteiger partial charge >= 0.3 is 20.2 Å². The molecule has 0 radical (unpaired) electrons. The number of rotatable bonds is 6. The Balaban J connectivity index is 3.23. The summed E-state index contributed by atoms with van der Waals surface area (Å²) in [5, 5.41) is 30.0. The molecule has 0 spiro atoms. The molecule has 0 amide bonds. The Kier molecular flexibility index (Phi) is 8.06. The molecule has 0 aromatic rings. The maximum absolute atomic E-state index is 10.1. The predicted octanol–water partition coefficient (Wildman–Crippen LogP) is -3.13. The first-order chi connectivity index (χ1) is 10.5. The van der Waals surface area contributed by atoms with E-state index in [2.05, 4.69) is 49.0 Å². The Morgan fingerprint density at radius 2 is 0.750 bits per heavy atom. The van der Waals surface area contributed by atoms with Crippen LogP contribution in [-0.2, 0) is 49.0 Å². The molecule has 144 valence electrons. The highest BCUT2D eigenvalue weighted by molar-refractivity contribution is 8.07. The van der Waals surface area contributed by atoms with Crippen molar-refractivity contribution >= 4 is 55.6 Å². The fourth-order valence-corrected chi connectivity index (χ4v) is 4.60. The summed E-state index contributed by atoms with van der Waals surface area (Å²) in [4.78, 5) is 55.1. The lowest BCUT2D eigenvalue weighted by atomic mass is 9.85. The molecule has 0 unspecified atom stereocenters. The van der Waals surface area contributed by atoms with E-state index >= 15 is 0 Å². The van der Waals surface area contributed by atoms with Crippen molar-refractivity contribution in [3.63, 3.8) is 0 Å². The smallest absolute Gasteiger partial charge is 0.322 e.